The minimum Gasteiger partial charge on any atom is -0.365 e. The summed E-state index contributed by atoms with van der Waals surface area (Å²) in [5.74, 6) is 0.0933. The zero-order chi connectivity index (χ0) is 24.7. The quantitative estimate of drug-likeness (QED) is 0.383. The smallest absolute Gasteiger partial charge is 0.165 e. The van der Waals surface area contributed by atoms with Gasteiger partial charge < -0.3 is 14.8 Å². The second kappa shape index (κ2) is 8.93. The lowest BCUT2D eigenvalue weighted by Crippen LogP contribution is -2.34. The largest absolute Gasteiger partial charge is 0.365 e. The molecule has 1 aromatic carbocycles. The van der Waals surface area contributed by atoms with Crippen LogP contribution in [0, 0.1) is 18.3 Å². The summed E-state index contributed by atoms with van der Waals surface area (Å²) in [6, 6.07) is 15.2. The predicted molar refractivity (Wildman–Crippen MR) is 134 cm³/mol. The van der Waals surface area contributed by atoms with Crippen LogP contribution in [-0.2, 0) is 9.47 Å². The highest BCUT2D eigenvalue weighted by molar-refractivity contribution is 6.29. The topological polar surface area (TPSA) is 97.4 Å². The highest BCUT2D eigenvalue weighted by Gasteiger charge is 2.36. The number of pyridine rings is 1. The number of aromatic nitrogens is 4. The van der Waals surface area contributed by atoms with Gasteiger partial charge in [0.15, 0.2) is 11.4 Å². The van der Waals surface area contributed by atoms with Gasteiger partial charge in [-0.15, -0.1) is 0 Å². The van der Waals surface area contributed by atoms with E-state index in [1.165, 1.54) is 0 Å². The zero-order valence-corrected chi connectivity index (χ0v) is 20.7. The number of halogens is 1. The second-order valence-electron chi connectivity index (χ2n) is 9.12. The molecule has 4 heterocycles. The number of benzene rings is 1. The molecule has 0 saturated carbocycles. The molecule has 3 aromatic heterocycles. The molecule has 9 heteroatoms. The van der Waals surface area contributed by atoms with E-state index in [1.807, 2.05) is 64.2 Å². The number of hydrogen-bond acceptors (Lipinski definition) is 7. The Bertz CT molecular complexity index is 1440. The first kappa shape index (κ1) is 23.2. The van der Waals surface area contributed by atoms with E-state index in [9.17, 15) is 5.26 Å². The molecule has 35 heavy (non-hydrogen) atoms. The third-order valence-corrected chi connectivity index (χ3v) is 6.12. The molecule has 1 fully saturated rings. The lowest BCUT2D eigenvalue weighted by molar-refractivity contribution is -0.139. The van der Waals surface area contributed by atoms with Gasteiger partial charge in [-0.2, -0.15) is 10.4 Å². The fraction of sp³-hybridized carbons (Fsp3) is 0.308. The summed E-state index contributed by atoms with van der Waals surface area (Å²) in [7, 11) is 0. The molecule has 1 N–H and O–H groups in total. The number of ether oxygens (including phenoxy) is 2. The normalized spacial score (nSPS) is 17.9. The van der Waals surface area contributed by atoms with Crippen molar-refractivity contribution >= 4 is 23.1 Å². The molecule has 0 aliphatic carbocycles. The number of anilines is 1. The van der Waals surface area contributed by atoms with Gasteiger partial charge in [0, 0.05) is 17.5 Å². The van der Waals surface area contributed by atoms with E-state index in [0.29, 0.717) is 34.5 Å². The van der Waals surface area contributed by atoms with Crippen LogP contribution in [0.3, 0.4) is 0 Å². The summed E-state index contributed by atoms with van der Waals surface area (Å²) >= 11 is 6.32. The Morgan fingerprint density at radius 3 is 2.74 bits per heavy atom. The van der Waals surface area contributed by atoms with Gasteiger partial charge in [0.2, 0.25) is 0 Å². The molecule has 2 atom stereocenters. The lowest BCUT2D eigenvalue weighted by atomic mass is 10.00. The molecule has 0 spiro atoms. The van der Waals surface area contributed by atoms with Crippen molar-refractivity contribution in [2.24, 2.45) is 0 Å². The Morgan fingerprint density at radius 1 is 1.20 bits per heavy atom. The molecule has 0 bridgehead atoms. The number of nitrogens with one attached hydrogen (secondary N) is 1. The average molecular weight is 489 g/mol. The van der Waals surface area contributed by atoms with Gasteiger partial charge in [-0.05, 0) is 63.6 Å². The van der Waals surface area contributed by atoms with Crippen molar-refractivity contribution in [3.05, 3.63) is 65.1 Å². The number of aryl methyl sites for hydroxylation is 1. The second-order valence-corrected chi connectivity index (χ2v) is 9.50. The van der Waals surface area contributed by atoms with E-state index in [2.05, 4.69) is 16.4 Å². The molecule has 5 rings (SSSR count). The highest BCUT2D eigenvalue weighted by Crippen LogP contribution is 2.36. The van der Waals surface area contributed by atoms with Gasteiger partial charge in [0.1, 0.15) is 22.8 Å². The highest BCUT2D eigenvalue weighted by atomic mass is 35.5. The summed E-state index contributed by atoms with van der Waals surface area (Å²) in [6.07, 6.45) is 1.77. The fourth-order valence-corrected chi connectivity index (χ4v) is 4.52. The number of hydrogen-bond donors (Lipinski definition) is 1. The van der Waals surface area contributed by atoms with Crippen molar-refractivity contribution in [1.82, 2.24) is 19.6 Å². The van der Waals surface area contributed by atoms with Crippen LogP contribution in [0.25, 0.3) is 28.0 Å². The van der Waals surface area contributed by atoms with Gasteiger partial charge in [-0.3, -0.25) is 0 Å². The number of fused-ring (bicyclic) bond motifs is 1. The van der Waals surface area contributed by atoms with Crippen LogP contribution >= 0.6 is 11.6 Å². The maximum absolute atomic E-state index is 9.41. The number of nitriles is 1. The number of nitrogens with zero attached hydrogens (tertiary/aromatic N) is 5. The van der Waals surface area contributed by atoms with Gasteiger partial charge in [-0.25, -0.2) is 14.5 Å². The van der Waals surface area contributed by atoms with Crippen molar-refractivity contribution in [2.75, 3.05) is 11.9 Å². The molecule has 8 nitrogen and oxygen atoms in total. The molecular weight excluding hydrogens is 464 g/mol. The van der Waals surface area contributed by atoms with Crippen molar-refractivity contribution < 1.29 is 9.47 Å². The Morgan fingerprint density at radius 2 is 2.03 bits per heavy atom. The van der Waals surface area contributed by atoms with Crippen LogP contribution in [-0.4, -0.2) is 44.1 Å². The van der Waals surface area contributed by atoms with Crippen LogP contribution in [0.4, 0.5) is 5.82 Å². The maximum Gasteiger partial charge on any atom is 0.165 e. The monoisotopic (exact) mass is 488 g/mol. The molecule has 1 aliphatic heterocycles. The lowest BCUT2D eigenvalue weighted by Gasteiger charge is -2.22. The van der Waals surface area contributed by atoms with Crippen LogP contribution in [0.15, 0.2) is 48.7 Å². The maximum atomic E-state index is 9.41. The van der Waals surface area contributed by atoms with E-state index < -0.39 is 5.79 Å². The summed E-state index contributed by atoms with van der Waals surface area (Å²) in [5.41, 5.74) is 5.18. The minimum atomic E-state index is -0.595. The van der Waals surface area contributed by atoms with Crippen LogP contribution in [0.2, 0.25) is 5.15 Å². The molecular formula is C26H25ClN6O2. The first-order valence-electron chi connectivity index (χ1n) is 11.4. The van der Waals surface area contributed by atoms with E-state index >= 15 is 0 Å². The van der Waals surface area contributed by atoms with Gasteiger partial charge in [-0.1, -0.05) is 23.7 Å². The minimum absolute atomic E-state index is 0.0255. The average Bonchev–Trinajstić information content (AvgIpc) is 3.38. The number of rotatable bonds is 5. The van der Waals surface area contributed by atoms with Gasteiger partial charge >= 0.3 is 0 Å². The Labute approximate surface area is 208 Å². The van der Waals surface area contributed by atoms with Crippen molar-refractivity contribution in [3.63, 3.8) is 0 Å². The Kier molecular flexibility index (Phi) is 5.93. The standard InChI is InChI=1S/C26H25ClN6O2/c1-15-10-19(12-21(27)29-15)23-24(18-7-5-6-17(11-18)13-28)32-33-9-8-22(31-25(23)33)30-16(2)20-14-34-26(3,4)35-20/h5-12,16,20H,14H2,1-4H3,(H,30,31)/t16-,20-/m1/s1. The van der Waals surface area contributed by atoms with Gasteiger partial charge in [0.05, 0.1) is 29.8 Å². The third-order valence-electron chi connectivity index (χ3n) is 5.92. The van der Waals surface area contributed by atoms with Crippen molar-refractivity contribution in [1.29, 1.82) is 5.26 Å². The summed E-state index contributed by atoms with van der Waals surface area (Å²) in [6.45, 7) is 8.27. The molecule has 0 amide bonds. The summed E-state index contributed by atoms with van der Waals surface area (Å²) in [5, 5.41) is 18.1. The van der Waals surface area contributed by atoms with E-state index in [4.69, 9.17) is 31.2 Å². The molecule has 178 valence electrons. The first-order valence-corrected chi connectivity index (χ1v) is 11.7. The first-order chi connectivity index (χ1) is 16.7. The SMILES string of the molecule is Cc1cc(-c2c(-c3cccc(C#N)c3)nn3ccc(N[C@H](C)[C@H]4COC(C)(C)O4)nc23)cc(Cl)n1. The molecule has 1 aliphatic rings. The fourth-order valence-electron chi connectivity index (χ4n) is 4.27. The predicted octanol–water partition coefficient (Wildman–Crippen LogP) is 5.24. The van der Waals surface area contributed by atoms with Crippen LogP contribution < -0.4 is 5.32 Å². The van der Waals surface area contributed by atoms with Crippen LogP contribution in [0.1, 0.15) is 32.0 Å². The van der Waals surface area contributed by atoms with Gasteiger partial charge in [0.25, 0.3) is 0 Å². The van der Waals surface area contributed by atoms with Crippen molar-refractivity contribution in [2.45, 2.75) is 45.6 Å². The molecule has 1 saturated heterocycles. The summed E-state index contributed by atoms with van der Waals surface area (Å²) in [4.78, 5) is 9.22. The Balaban J connectivity index is 1.61. The zero-order valence-electron chi connectivity index (χ0n) is 19.9. The van der Waals surface area contributed by atoms with E-state index in [-0.39, 0.29) is 12.1 Å². The van der Waals surface area contributed by atoms with Crippen LogP contribution in [0.5, 0.6) is 0 Å². The summed E-state index contributed by atoms with van der Waals surface area (Å²) < 4.78 is 13.4. The Hall–Kier alpha value is -3.51. The molecule has 0 radical (unpaired) electrons. The van der Waals surface area contributed by atoms with E-state index in [1.54, 1.807) is 16.6 Å². The molecule has 0 unspecified atom stereocenters. The molecule has 4 aromatic rings. The third kappa shape index (κ3) is 4.71. The van der Waals surface area contributed by atoms with E-state index in [0.717, 1.165) is 22.4 Å². The van der Waals surface area contributed by atoms with Crippen molar-refractivity contribution in [3.8, 4) is 28.5 Å².